The van der Waals surface area contributed by atoms with Crippen molar-refractivity contribution in [3.05, 3.63) is 17.0 Å². The van der Waals surface area contributed by atoms with Crippen LogP contribution >= 0.6 is 11.6 Å². The first-order chi connectivity index (χ1) is 7.02. The van der Waals surface area contributed by atoms with Crippen LogP contribution in [-0.4, -0.2) is 36.5 Å². The molecule has 82 valence electrons. The number of carbonyl (C=O) groups excluding carboxylic acids is 1. The summed E-state index contributed by atoms with van der Waals surface area (Å²) >= 11 is 5.79. The maximum absolute atomic E-state index is 11.1. The van der Waals surface area contributed by atoms with E-state index in [1.54, 1.807) is 32.0 Å². The molecule has 15 heavy (non-hydrogen) atoms. The summed E-state index contributed by atoms with van der Waals surface area (Å²) in [5, 5.41) is 2.91. The van der Waals surface area contributed by atoms with Gasteiger partial charge in [-0.1, -0.05) is 11.6 Å². The van der Waals surface area contributed by atoms with E-state index in [0.717, 1.165) is 0 Å². The van der Waals surface area contributed by atoms with Gasteiger partial charge in [0.15, 0.2) is 0 Å². The molecule has 0 bridgehead atoms. The molecule has 5 nitrogen and oxygen atoms in total. The first-order valence-electron chi connectivity index (χ1n) is 4.46. The maximum Gasteiger partial charge on any atom is 0.239 e. The number of nitrogens with one attached hydrogen (secondary N) is 1. The van der Waals surface area contributed by atoms with E-state index in [-0.39, 0.29) is 12.5 Å². The first-order valence-corrected chi connectivity index (χ1v) is 4.83. The number of halogens is 1. The predicted molar refractivity (Wildman–Crippen MR) is 59.1 cm³/mol. The maximum atomic E-state index is 11.1. The van der Waals surface area contributed by atoms with E-state index in [1.807, 2.05) is 0 Å². The molecular formula is C9H13ClN4O. The minimum Gasteiger partial charge on any atom is -0.358 e. The van der Waals surface area contributed by atoms with Gasteiger partial charge in [0.05, 0.1) is 6.54 Å². The molecule has 0 atom stereocenters. The minimum absolute atomic E-state index is 0.0788. The van der Waals surface area contributed by atoms with E-state index in [2.05, 4.69) is 15.3 Å². The second-order valence-corrected chi connectivity index (χ2v) is 3.51. The van der Waals surface area contributed by atoms with Crippen molar-refractivity contribution in [1.82, 2.24) is 15.3 Å². The molecule has 0 aliphatic carbocycles. The van der Waals surface area contributed by atoms with Gasteiger partial charge in [0.25, 0.3) is 0 Å². The Bertz CT molecular complexity index is 349. The van der Waals surface area contributed by atoms with Crippen LogP contribution in [0.15, 0.2) is 6.07 Å². The van der Waals surface area contributed by atoms with Crippen molar-refractivity contribution >= 4 is 23.3 Å². The highest BCUT2D eigenvalue weighted by Crippen LogP contribution is 2.14. The average molecular weight is 229 g/mol. The van der Waals surface area contributed by atoms with Gasteiger partial charge < -0.3 is 10.2 Å². The number of aromatic nitrogens is 2. The summed E-state index contributed by atoms with van der Waals surface area (Å²) in [6.07, 6.45) is 0. The summed E-state index contributed by atoms with van der Waals surface area (Å²) < 4.78 is 0. The third-order valence-electron chi connectivity index (χ3n) is 1.84. The van der Waals surface area contributed by atoms with Gasteiger partial charge in [0, 0.05) is 20.2 Å². The molecule has 0 spiro atoms. The standard InChI is InChI=1S/C9H13ClN4O/c1-6-12-7(10)4-8(13-6)14(3)5-9(15)11-2/h4H,5H2,1-3H3,(H,11,15). The summed E-state index contributed by atoms with van der Waals surface area (Å²) in [7, 11) is 3.36. The Balaban J connectivity index is 2.81. The predicted octanol–water partition coefficient (Wildman–Crippen LogP) is 0.621. The molecule has 0 saturated heterocycles. The van der Waals surface area contributed by atoms with Crippen molar-refractivity contribution in [2.45, 2.75) is 6.92 Å². The topological polar surface area (TPSA) is 58.1 Å². The van der Waals surface area contributed by atoms with Crippen molar-refractivity contribution in [2.24, 2.45) is 0 Å². The zero-order valence-electron chi connectivity index (χ0n) is 8.91. The Labute approximate surface area is 93.5 Å². The summed E-state index contributed by atoms with van der Waals surface area (Å²) in [5.74, 6) is 1.14. The van der Waals surface area contributed by atoms with Crippen LogP contribution in [-0.2, 0) is 4.79 Å². The fraction of sp³-hybridized carbons (Fsp3) is 0.444. The molecule has 1 amide bonds. The number of amides is 1. The molecule has 0 aliphatic rings. The number of nitrogens with zero attached hydrogens (tertiary/aromatic N) is 3. The van der Waals surface area contributed by atoms with Crippen LogP contribution in [0.5, 0.6) is 0 Å². The normalized spacial score (nSPS) is 9.87. The summed E-state index contributed by atoms with van der Waals surface area (Å²) in [6.45, 7) is 1.99. The monoisotopic (exact) mass is 228 g/mol. The van der Waals surface area contributed by atoms with Gasteiger partial charge in [-0.25, -0.2) is 9.97 Å². The molecule has 0 fully saturated rings. The van der Waals surface area contributed by atoms with E-state index in [9.17, 15) is 4.79 Å². The Morgan fingerprint density at radius 2 is 2.27 bits per heavy atom. The summed E-state index contributed by atoms with van der Waals surface area (Å²) in [4.78, 5) is 21.0. The van der Waals surface area contributed by atoms with Crippen molar-refractivity contribution in [3.8, 4) is 0 Å². The Morgan fingerprint density at radius 1 is 1.60 bits per heavy atom. The van der Waals surface area contributed by atoms with Gasteiger partial charge in [-0.3, -0.25) is 4.79 Å². The van der Waals surface area contributed by atoms with E-state index < -0.39 is 0 Å². The molecule has 0 saturated carbocycles. The number of rotatable bonds is 3. The Hall–Kier alpha value is -1.36. The fourth-order valence-electron chi connectivity index (χ4n) is 1.09. The third kappa shape index (κ3) is 3.36. The molecule has 0 aliphatic heterocycles. The van der Waals surface area contributed by atoms with Gasteiger partial charge in [-0.05, 0) is 6.92 Å². The van der Waals surface area contributed by atoms with Crippen LogP contribution in [0.1, 0.15) is 5.82 Å². The lowest BCUT2D eigenvalue weighted by Gasteiger charge is -2.17. The summed E-state index contributed by atoms with van der Waals surface area (Å²) in [5.41, 5.74) is 0. The lowest BCUT2D eigenvalue weighted by Crippen LogP contribution is -2.33. The molecule has 6 heteroatoms. The highest BCUT2D eigenvalue weighted by molar-refractivity contribution is 6.29. The number of likely N-dealkylation sites (N-methyl/N-ethyl adjacent to an activating group) is 2. The number of aryl methyl sites for hydroxylation is 1. The SMILES string of the molecule is CNC(=O)CN(C)c1cc(Cl)nc(C)n1. The van der Waals surface area contributed by atoms with Gasteiger partial charge >= 0.3 is 0 Å². The van der Waals surface area contributed by atoms with Gasteiger partial charge in [0.2, 0.25) is 5.91 Å². The molecule has 1 rings (SSSR count). The van der Waals surface area contributed by atoms with E-state index >= 15 is 0 Å². The van der Waals surface area contributed by atoms with Crippen molar-refractivity contribution in [2.75, 3.05) is 25.5 Å². The number of hydrogen-bond acceptors (Lipinski definition) is 4. The molecule has 1 heterocycles. The highest BCUT2D eigenvalue weighted by Gasteiger charge is 2.08. The van der Waals surface area contributed by atoms with Crippen molar-refractivity contribution in [3.63, 3.8) is 0 Å². The van der Waals surface area contributed by atoms with Crippen molar-refractivity contribution < 1.29 is 4.79 Å². The minimum atomic E-state index is -0.0788. The van der Waals surface area contributed by atoms with Gasteiger partial charge in [-0.15, -0.1) is 0 Å². The van der Waals surface area contributed by atoms with Crippen LogP contribution in [0.3, 0.4) is 0 Å². The van der Waals surface area contributed by atoms with Gasteiger partial charge in [-0.2, -0.15) is 0 Å². The van der Waals surface area contributed by atoms with Crippen LogP contribution in [0.25, 0.3) is 0 Å². The van der Waals surface area contributed by atoms with E-state index in [4.69, 9.17) is 11.6 Å². The first kappa shape index (κ1) is 11.7. The van der Waals surface area contributed by atoms with Crippen molar-refractivity contribution in [1.29, 1.82) is 0 Å². The molecule has 0 aromatic carbocycles. The zero-order chi connectivity index (χ0) is 11.4. The third-order valence-corrected chi connectivity index (χ3v) is 2.04. The largest absolute Gasteiger partial charge is 0.358 e. The zero-order valence-corrected chi connectivity index (χ0v) is 9.67. The lowest BCUT2D eigenvalue weighted by molar-refractivity contribution is -0.119. The number of anilines is 1. The Morgan fingerprint density at radius 3 is 2.80 bits per heavy atom. The lowest BCUT2D eigenvalue weighted by atomic mass is 10.4. The average Bonchev–Trinajstić information content (AvgIpc) is 2.16. The molecule has 1 aromatic rings. The van der Waals surface area contributed by atoms with E-state index in [0.29, 0.717) is 16.8 Å². The van der Waals surface area contributed by atoms with Crippen LogP contribution < -0.4 is 10.2 Å². The quantitative estimate of drug-likeness (QED) is 0.771. The fourth-order valence-corrected chi connectivity index (χ4v) is 1.31. The number of carbonyl (C=O) groups is 1. The van der Waals surface area contributed by atoms with Crippen LogP contribution in [0.4, 0.5) is 5.82 Å². The van der Waals surface area contributed by atoms with Crippen LogP contribution in [0.2, 0.25) is 5.15 Å². The van der Waals surface area contributed by atoms with E-state index in [1.165, 1.54) is 0 Å². The molecule has 0 unspecified atom stereocenters. The van der Waals surface area contributed by atoms with Gasteiger partial charge in [0.1, 0.15) is 16.8 Å². The van der Waals surface area contributed by atoms with Crippen LogP contribution in [0, 0.1) is 6.92 Å². The molecule has 1 aromatic heterocycles. The second kappa shape index (κ2) is 4.93. The number of hydrogen-bond donors (Lipinski definition) is 1. The smallest absolute Gasteiger partial charge is 0.239 e. The molecular weight excluding hydrogens is 216 g/mol. The Kier molecular flexibility index (Phi) is 3.85. The molecule has 1 N–H and O–H groups in total. The second-order valence-electron chi connectivity index (χ2n) is 3.13. The summed E-state index contributed by atoms with van der Waals surface area (Å²) in [6, 6.07) is 1.62. The highest BCUT2D eigenvalue weighted by atomic mass is 35.5. The molecule has 0 radical (unpaired) electrons.